The molecule has 1 N–H and O–H groups in total. The van der Waals surface area contributed by atoms with E-state index in [0.29, 0.717) is 6.61 Å². The number of morpholine rings is 1. The third kappa shape index (κ3) is 3.56. The molecular weight excluding hydrogens is 355 g/mol. The maximum absolute atomic E-state index is 12.7. The summed E-state index contributed by atoms with van der Waals surface area (Å²) in [5.41, 5.74) is -0.965. The summed E-state index contributed by atoms with van der Waals surface area (Å²) < 4.78 is 43.7. The fourth-order valence-electron chi connectivity index (χ4n) is 2.09. The number of amides is 1. The summed E-state index contributed by atoms with van der Waals surface area (Å²) in [6, 6.07) is 2.37. The van der Waals surface area contributed by atoms with Crippen LogP contribution in [0.2, 0.25) is 0 Å². The second-order valence-corrected chi connectivity index (χ2v) is 5.46. The third-order valence-electron chi connectivity index (χ3n) is 3.22. The highest BCUT2D eigenvalue weighted by molar-refractivity contribution is 9.10. The highest BCUT2D eigenvalue weighted by Gasteiger charge is 2.33. The number of alkyl halides is 3. The summed E-state index contributed by atoms with van der Waals surface area (Å²) in [6.45, 7) is 0.382. The summed E-state index contributed by atoms with van der Waals surface area (Å²) >= 11 is 3.10. The highest BCUT2D eigenvalue weighted by Crippen LogP contribution is 2.32. The molecule has 116 valence electrons. The molecule has 21 heavy (non-hydrogen) atoms. The number of hydrogen-bond donors (Lipinski definition) is 1. The monoisotopic (exact) mass is 367 g/mol. The lowest BCUT2D eigenvalue weighted by Crippen LogP contribution is -2.50. The molecule has 1 aromatic rings. The molecule has 2 rings (SSSR count). The molecule has 1 aliphatic heterocycles. The zero-order valence-corrected chi connectivity index (χ0v) is 12.4. The molecule has 0 bridgehead atoms. The first kappa shape index (κ1) is 16.3. The topological polar surface area (TPSA) is 49.8 Å². The van der Waals surface area contributed by atoms with Crippen molar-refractivity contribution in [1.82, 2.24) is 4.90 Å². The molecule has 0 radical (unpaired) electrons. The van der Waals surface area contributed by atoms with Crippen LogP contribution in [-0.2, 0) is 10.9 Å². The average Bonchev–Trinajstić information content (AvgIpc) is 2.45. The number of ether oxygens (including phenoxy) is 1. The van der Waals surface area contributed by atoms with Crippen LogP contribution >= 0.6 is 15.9 Å². The average molecular weight is 368 g/mol. The highest BCUT2D eigenvalue weighted by atomic mass is 79.9. The molecule has 1 heterocycles. The number of carbonyl (C=O) groups is 1. The van der Waals surface area contributed by atoms with E-state index in [1.54, 1.807) is 0 Å². The second-order valence-electron chi connectivity index (χ2n) is 4.60. The van der Waals surface area contributed by atoms with Gasteiger partial charge in [-0.2, -0.15) is 13.2 Å². The van der Waals surface area contributed by atoms with E-state index in [1.165, 1.54) is 11.0 Å². The minimum absolute atomic E-state index is 0.0785. The molecule has 1 fully saturated rings. The van der Waals surface area contributed by atoms with Gasteiger partial charge in [0.15, 0.2) is 0 Å². The number of rotatable bonds is 2. The third-order valence-corrected chi connectivity index (χ3v) is 3.91. The van der Waals surface area contributed by atoms with Crippen molar-refractivity contribution in [1.29, 1.82) is 0 Å². The fourth-order valence-corrected chi connectivity index (χ4v) is 2.51. The number of hydrogen-bond acceptors (Lipinski definition) is 3. The van der Waals surface area contributed by atoms with E-state index < -0.39 is 23.7 Å². The summed E-state index contributed by atoms with van der Waals surface area (Å²) in [5.74, 6) is -0.560. The van der Waals surface area contributed by atoms with E-state index >= 15 is 0 Å². The van der Waals surface area contributed by atoms with Crippen molar-refractivity contribution < 1.29 is 27.8 Å². The molecule has 0 aromatic heterocycles. The molecule has 0 aliphatic carbocycles. The van der Waals surface area contributed by atoms with E-state index in [1.807, 2.05) is 0 Å². The Morgan fingerprint density at radius 2 is 2.19 bits per heavy atom. The molecule has 4 nitrogen and oxygen atoms in total. The molecule has 0 spiro atoms. The van der Waals surface area contributed by atoms with Crippen LogP contribution in [0.25, 0.3) is 0 Å². The Hall–Kier alpha value is -1.12. The number of benzene rings is 1. The molecule has 8 heteroatoms. The van der Waals surface area contributed by atoms with Crippen LogP contribution < -0.4 is 0 Å². The SMILES string of the molecule is O=C(c1cc(C(F)(F)F)ccc1Br)N1CCOCC1CO. The van der Waals surface area contributed by atoms with Crippen molar-refractivity contribution in [3.63, 3.8) is 0 Å². The van der Waals surface area contributed by atoms with Gasteiger partial charge in [-0.25, -0.2) is 0 Å². The quantitative estimate of drug-likeness (QED) is 0.872. The van der Waals surface area contributed by atoms with Gasteiger partial charge in [-0.3, -0.25) is 4.79 Å². The minimum atomic E-state index is -4.52. The number of aliphatic hydroxyl groups is 1. The molecule has 1 saturated heterocycles. The van der Waals surface area contributed by atoms with Crippen LogP contribution in [0.5, 0.6) is 0 Å². The van der Waals surface area contributed by atoms with Gasteiger partial charge in [0.05, 0.1) is 37.0 Å². The van der Waals surface area contributed by atoms with E-state index in [4.69, 9.17) is 4.74 Å². The summed E-state index contributed by atoms with van der Waals surface area (Å²) in [4.78, 5) is 13.8. The van der Waals surface area contributed by atoms with Gasteiger partial charge >= 0.3 is 6.18 Å². The van der Waals surface area contributed by atoms with Crippen molar-refractivity contribution in [3.8, 4) is 0 Å². The Labute approximate surface area is 127 Å². The Morgan fingerprint density at radius 3 is 2.81 bits per heavy atom. The van der Waals surface area contributed by atoms with Gasteiger partial charge in [-0.1, -0.05) is 0 Å². The largest absolute Gasteiger partial charge is 0.416 e. The first-order valence-electron chi connectivity index (χ1n) is 6.21. The Kier molecular flexibility index (Phi) is 4.90. The van der Waals surface area contributed by atoms with Crippen LogP contribution in [0.4, 0.5) is 13.2 Å². The minimum Gasteiger partial charge on any atom is -0.394 e. The van der Waals surface area contributed by atoms with Crippen LogP contribution in [0.1, 0.15) is 15.9 Å². The first-order chi connectivity index (χ1) is 9.84. The second kappa shape index (κ2) is 6.33. The zero-order valence-electron chi connectivity index (χ0n) is 10.9. The van der Waals surface area contributed by atoms with Crippen LogP contribution in [0, 0.1) is 0 Å². The van der Waals surface area contributed by atoms with Gasteiger partial charge in [0, 0.05) is 11.0 Å². The van der Waals surface area contributed by atoms with Crippen LogP contribution in [0.15, 0.2) is 22.7 Å². The Balaban J connectivity index is 2.33. The zero-order chi connectivity index (χ0) is 15.6. The molecule has 0 saturated carbocycles. The molecule has 1 unspecified atom stereocenters. The number of aliphatic hydroxyl groups excluding tert-OH is 1. The summed E-state index contributed by atoms with van der Waals surface area (Å²) in [7, 11) is 0. The Morgan fingerprint density at radius 1 is 1.48 bits per heavy atom. The lowest BCUT2D eigenvalue weighted by molar-refractivity contribution is -0.137. The molecule has 1 aliphatic rings. The van der Waals surface area contributed by atoms with E-state index in [0.717, 1.165) is 12.1 Å². The van der Waals surface area contributed by atoms with Crippen LogP contribution in [-0.4, -0.2) is 48.3 Å². The lowest BCUT2D eigenvalue weighted by Gasteiger charge is -2.34. The predicted octanol–water partition coefficient (Wildman–Crippen LogP) is 2.30. The normalized spacial score (nSPS) is 19.7. The maximum atomic E-state index is 12.7. The van der Waals surface area contributed by atoms with E-state index in [2.05, 4.69) is 15.9 Å². The van der Waals surface area contributed by atoms with Gasteiger partial charge in [-0.15, -0.1) is 0 Å². The van der Waals surface area contributed by atoms with E-state index in [9.17, 15) is 23.1 Å². The van der Waals surface area contributed by atoms with Gasteiger partial charge in [0.25, 0.3) is 5.91 Å². The van der Waals surface area contributed by atoms with E-state index in [-0.39, 0.29) is 29.8 Å². The molecule has 1 atom stereocenters. The first-order valence-corrected chi connectivity index (χ1v) is 7.00. The smallest absolute Gasteiger partial charge is 0.394 e. The molecule has 1 aromatic carbocycles. The van der Waals surface area contributed by atoms with Gasteiger partial charge in [0.1, 0.15) is 0 Å². The molecule has 1 amide bonds. The standard InChI is InChI=1S/C13H13BrF3NO3/c14-11-2-1-8(13(15,16)17)5-10(11)12(20)18-3-4-21-7-9(18)6-19/h1-2,5,9,19H,3-4,6-7H2. The van der Waals surface area contributed by atoms with Crippen molar-refractivity contribution >= 4 is 21.8 Å². The number of halogens is 4. The summed E-state index contributed by atoms with van der Waals surface area (Å²) in [5, 5.41) is 9.24. The van der Waals surface area contributed by atoms with Crippen LogP contribution in [0.3, 0.4) is 0 Å². The summed E-state index contributed by atoms with van der Waals surface area (Å²) in [6.07, 6.45) is -4.52. The van der Waals surface area contributed by atoms with Gasteiger partial charge < -0.3 is 14.7 Å². The molecular formula is C13H13BrF3NO3. The maximum Gasteiger partial charge on any atom is 0.416 e. The van der Waals surface area contributed by atoms with Crippen molar-refractivity contribution in [2.24, 2.45) is 0 Å². The number of nitrogens with zero attached hydrogens (tertiary/aromatic N) is 1. The number of carbonyl (C=O) groups excluding carboxylic acids is 1. The fraction of sp³-hybridized carbons (Fsp3) is 0.462. The van der Waals surface area contributed by atoms with Crippen molar-refractivity contribution in [2.75, 3.05) is 26.4 Å². The van der Waals surface area contributed by atoms with Crippen molar-refractivity contribution in [2.45, 2.75) is 12.2 Å². The van der Waals surface area contributed by atoms with Crippen molar-refractivity contribution in [3.05, 3.63) is 33.8 Å². The van der Waals surface area contributed by atoms with Gasteiger partial charge in [-0.05, 0) is 34.1 Å². The van der Waals surface area contributed by atoms with Gasteiger partial charge in [0.2, 0.25) is 0 Å². The Bertz CT molecular complexity index is 536. The predicted molar refractivity (Wildman–Crippen MR) is 71.9 cm³/mol. The lowest BCUT2D eigenvalue weighted by atomic mass is 10.1.